The van der Waals surface area contributed by atoms with Gasteiger partial charge in [0, 0.05) is 17.2 Å². The van der Waals surface area contributed by atoms with Crippen molar-refractivity contribution in [3.63, 3.8) is 0 Å². The average molecular weight is 348 g/mol. The summed E-state index contributed by atoms with van der Waals surface area (Å²) in [5.41, 5.74) is 0.578. The molecule has 1 fully saturated rings. The molecule has 2 heterocycles. The molecule has 1 N–H and O–H groups in total. The normalized spacial score (nSPS) is 18.3. The molecule has 0 radical (unpaired) electrons. The van der Waals surface area contributed by atoms with E-state index in [1.54, 1.807) is 24.3 Å². The second kappa shape index (κ2) is 7.09. The van der Waals surface area contributed by atoms with Crippen LogP contribution in [-0.4, -0.2) is 17.5 Å². The Bertz CT molecular complexity index is 750. The van der Waals surface area contributed by atoms with E-state index in [4.69, 9.17) is 16.3 Å². The van der Waals surface area contributed by atoms with Gasteiger partial charge >= 0.3 is 0 Å². The number of ether oxygens (including phenoxy) is 1. The van der Waals surface area contributed by atoms with E-state index in [2.05, 4.69) is 16.4 Å². The van der Waals surface area contributed by atoms with Crippen molar-refractivity contribution < 1.29 is 9.53 Å². The number of nitriles is 1. The van der Waals surface area contributed by atoms with Crippen molar-refractivity contribution in [2.75, 3.05) is 6.61 Å². The predicted molar refractivity (Wildman–Crippen MR) is 87.3 cm³/mol. The highest BCUT2D eigenvalue weighted by atomic mass is 35.5. The minimum atomic E-state index is -0.801. The number of carbonyl (C=O) groups is 1. The number of aromatic nitrogens is 1. The molecule has 3 rings (SSSR count). The molecule has 1 aromatic carbocycles. The van der Waals surface area contributed by atoms with Crippen molar-refractivity contribution in [1.29, 1.82) is 5.26 Å². The first kappa shape index (κ1) is 15.9. The van der Waals surface area contributed by atoms with Crippen LogP contribution in [0.2, 0.25) is 5.02 Å². The van der Waals surface area contributed by atoms with Gasteiger partial charge in [-0.05, 0) is 18.9 Å². The van der Waals surface area contributed by atoms with Gasteiger partial charge in [0.1, 0.15) is 22.0 Å². The summed E-state index contributed by atoms with van der Waals surface area (Å²) in [5.74, 6) is -0.335. The van der Waals surface area contributed by atoms with Crippen LogP contribution >= 0.6 is 22.9 Å². The number of amides is 1. The first-order valence-corrected chi connectivity index (χ1v) is 8.40. The number of hydrogen-bond acceptors (Lipinski definition) is 5. The van der Waals surface area contributed by atoms with Gasteiger partial charge in [-0.2, -0.15) is 5.26 Å². The predicted octanol–water partition coefficient (Wildman–Crippen LogP) is 3.64. The number of thiazole rings is 1. The Morgan fingerprint density at radius 2 is 2.35 bits per heavy atom. The second-order valence-corrected chi connectivity index (χ2v) is 6.59. The molecule has 0 bridgehead atoms. The third-order valence-corrected chi connectivity index (χ3v) is 5.01. The Hall–Kier alpha value is -1.94. The summed E-state index contributed by atoms with van der Waals surface area (Å²) in [5, 5.41) is 13.3. The summed E-state index contributed by atoms with van der Waals surface area (Å²) >= 11 is 7.39. The lowest BCUT2D eigenvalue weighted by Gasteiger charge is -2.12. The quantitative estimate of drug-likeness (QED) is 0.916. The standard InChI is InChI=1S/C16H14ClN3O2S/c17-11-5-2-1-4-10(11)12(8-18)20-15(21)14-9-19-16(23-14)13-6-3-7-22-13/h1-2,4-5,9,12-13H,3,6-7H2,(H,20,21)/t12-,13+/m1/s1. The largest absolute Gasteiger partial charge is 0.371 e. The fraction of sp³-hybridized carbons (Fsp3) is 0.312. The second-order valence-electron chi connectivity index (χ2n) is 5.12. The van der Waals surface area contributed by atoms with Gasteiger partial charge in [-0.3, -0.25) is 4.79 Å². The van der Waals surface area contributed by atoms with Crippen molar-refractivity contribution in [1.82, 2.24) is 10.3 Å². The number of hydrogen-bond donors (Lipinski definition) is 1. The highest BCUT2D eigenvalue weighted by molar-refractivity contribution is 7.13. The van der Waals surface area contributed by atoms with E-state index >= 15 is 0 Å². The van der Waals surface area contributed by atoms with Gasteiger partial charge in [0.05, 0.1) is 12.3 Å². The van der Waals surface area contributed by atoms with Crippen molar-refractivity contribution >= 4 is 28.8 Å². The monoisotopic (exact) mass is 347 g/mol. The number of nitrogens with zero attached hydrogens (tertiary/aromatic N) is 2. The summed E-state index contributed by atoms with van der Waals surface area (Å²) in [4.78, 5) is 17.1. The van der Waals surface area contributed by atoms with Crippen LogP contribution in [0, 0.1) is 11.3 Å². The number of carbonyl (C=O) groups excluding carboxylic acids is 1. The van der Waals surface area contributed by atoms with Gasteiger partial charge in [-0.15, -0.1) is 11.3 Å². The third-order valence-electron chi connectivity index (χ3n) is 3.57. The number of rotatable bonds is 4. The van der Waals surface area contributed by atoms with Gasteiger partial charge in [-0.25, -0.2) is 4.98 Å². The molecule has 1 aromatic heterocycles. The zero-order valence-electron chi connectivity index (χ0n) is 12.2. The van der Waals surface area contributed by atoms with E-state index in [1.165, 1.54) is 17.5 Å². The van der Waals surface area contributed by atoms with Crippen LogP contribution in [0.25, 0.3) is 0 Å². The molecule has 2 aromatic rings. The van der Waals surface area contributed by atoms with Crippen LogP contribution in [0.1, 0.15) is 45.2 Å². The van der Waals surface area contributed by atoms with Crippen LogP contribution in [0.5, 0.6) is 0 Å². The molecule has 2 atom stereocenters. The first-order valence-electron chi connectivity index (χ1n) is 7.21. The van der Waals surface area contributed by atoms with Gasteiger partial charge < -0.3 is 10.1 Å². The highest BCUT2D eigenvalue weighted by Crippen LogP contribution is 2.31. The Kier molecular flexibility index (Phi) is 4.91. The Morgan fingerprint density at radius 1 is 1.52 bits per heavy atom. The van der Waals surface area contributed by atoms with Gasteiger partial charge in [-0.1, -0.05) is 29.8 Å². The van der Waals surface area contributed by atoms with Gasteiger partial charge in [0.2, 0.25) is 0 Å². The SMILES string of the molecule is N#C[C@@H](NC(=O)c1cnc([C@@H]2CCCO2)s1)c1ccccc1Cl. The molecule has 1 aliphatic rings. The molecule has 118 valence electrons. The van der Waals surface area contributed by atoms with Crippen LogP contribution in [0.4, 0.5) is 0 Å². The lowest BCUT2D eigenvalue weighted by atomic mass is 10.1. The molecular formula is C16H14ClN3O2S. The van der Waals surface area contributed by atoms with Crippen LogP contribution < -0.4 is 5.32 Å². The van der Waals surface area contributed by atoms with Crippen molar-refractivity contribution in [3.8, 4) is 6.07 Å². The Morgan fingerprint density at radius 3 is 3.04 bits per heavy atom. The summed E-state index contributed by atoms with van der Waals surface area (Å²) in [6.07, 6.45) is 3.44. The summed E-state index contributed by atoms with van der Waals surface area (Å²) in [6, 6.07) is 8.23. The molecule has 0 saturated carbocycles. The van der Waals surface area contributed by atoms with E-state index in [0.717, 1.165) is 24.5 Å². The molecular weight excluding hydrogens is 334 g/mol. The molecule has 1 aliphatic heterocycles. The van der Waals surface area contributed by atoms with E-state index in [1.807, 2.05) is 0 Å². The smallest absolute Gasteiger partial charge is 0.264 e. The van der Waals surface area contributed by atoms with E-state index in [9.17, 15) is 10.1 Å². The first-order chi connectivity index (χ1) is 11.2. The van der Waals surface area contributed by atoms with Crippen LogP contribution in [0.3, 0.4) is 0 Å². The van der Waals surface area contributed by atoms with E-state index in [-0.39, 0.29) is 12.0 Å². The highest BCUT2D eigenvalue weighted by Gasteiger charge is 2.24. The maximum atomic E-state index is 12.4. The Balaban J connectivity index is 1.73. The van der Waals surface area contributed by atoms with Crippen LogP contribution in [0.15, 0.2) is 30.5 Å². The van der Waals surface area contributed by atoms with Crippen molar-refractivity contribution in [2.45, 2.75) is 25.0 Å². The average Bonchev–Trinajstić information content (AvgIpc) is 3.23. The molecule has 23 heavy (non-hydrogen) atoms. The third kappa shape index (κ3) is 3.53. The molecule has 1 saturated heterocycles. The molecule has 1 amide bonds. The summed E-state index contributed by atoms with van der Waals surface area (Å²) < 4.78 is 5.57. The van der Waals surface area contributed by atoms with E-state index in [0.29, 0.717) is 15.5 Å². The topological polar surface area (TPSA) is 75.0 Å². The number of nitrogens with one attached hydrogen (secondary N) is 1. The fourth-order valence-corrected chi connectivity index (χ4v) is 3.55. The zero-order valence-corrected chi connectivity index (χ0v) is 13.7. The molecule has 0 spiro atoms. The maximum absolute atomic E-state index is 12.4. The van der Waals surface area contributed by atoms with Crippen LogP contribution in [-0.2, 0) is 4.74 Å². The summed E-state index contributed by atoms with van der Waals surface area (Å²) in [7, 11) is 0. The zero-order chi connectivity index (χ0) is 16.2. The lowest BCUT2D eigenvalue weighted by molar-refractivity contribution is 0.0949. The maximum Gasteiger partial charge on any atom is 0.264 e. The van der Waals surface area contributed by atoms with E-state index < -0.39 is 6.04 Å². The Labute approximate surface area is 142 Å². The summed E-state index contributed by atoms with van der Waals surface area (Å²) in [6.45, 7) is 0.731. The van der Waals surface area contributed by atoms with Crippen molar-refractivity contribution in [2.24, 2.45) is 0 Å². The number of benzene rings is 1. The van der Waals surface area contributed by atoms with Gasteiger partial charge in [0.15, 0.2) is 0 Å². The molecule has 7 heteroatoms. The minimum absolute atomic E-state index is 0.0168. The number of halogens is 1. The fourth-order valence-electron chi connectivity index (χ4n) is 2.40. The van der Waals surface area contributed by atoms with Crippen molar-refractivity contribution in [3.05, 3.63) is 50.9 Å². The molecule has 5 nitrogen and oxygen atoms in total. The molecule has 0 unspecified atom stereocenters. The lowest BCUT2D eigenvalue weighted by Crippen LogP contribution is -2.27. The minimum Gasteiger partial charge on any atom is -0.371 e. The van der Waals surface area contributed by atoms with Gasteiger partial charge in [0.25, 0.3) is 5.91 Å². The molecule has 0 aliphatic carbocycles.